The Bertz CT molecular complexity index is 578. The number of hydrogen-bond donors (Lipinski definition) is 0. The first-order valence-electron chi connectivity index (χ1n) is 9.69. The van der Waals surface area contributed by atoms with Gasteiger partial charge in [0.05, 0.1) is 20.0 Å². The smallest absolute Gasteiger partial charge is 0.129 e. The summed E-state index contributed by atoms with van der Waals surface area (Å²) in [5.74, 6) is 2.13. The standard InChI is InChI=1S/C22H31FO2/c1-24-14-16-3-5-17(6-4-16)18-7-9-19(10-8-18)20-11-12-21(15-25-2)22(23)13-20/h11-14,17-19H,3-10,15H2,1-2H3. The van der Waals surface area contributed by atoms with Gasteiger partial charge in [0.2, 0.25) is 0 Å². The van der Waals surface area contributed by atoms with Crippen molar-refractivity contribution in [2.45, 2.75) is 63.9 Å². The van der Waals surface area contributed by atoms with Gasteiger partial charge in [-0.2, -0.15) is 0 Å². The number of hydrogen-bond acceptors (Lipinski definition) is 2. The fraction of sp³-hybridized carbons (Fsp3) is 0.636. The van der Waals surface area contributed by atoms with Gasteiger partial charge >= 0.3 is 0 Å². The van der Waals surface area contributed by atoms with E-state index in [-0.39, 0.29) is 5.82 Å². The first-order valence-corrected chi connectivity index (χ1v) is 9.69. The van der Waals surface area contributed by atoms with Crippen molar-refractivity contribution < 1.29 is 13.9 Å². The Morgan fingerprint density at radius 1 is 1.00 bits per heavy atom. The van der Waals surface area contributed by atoms with Gasteiger partial charge in [0.25, 0.3) is 0 Å². The van der Waals surface area contributed by atoms with Gasteiger partial charge in [-0.25, -0.2) is 4.39 Å². The molecule has 0 saturated heterocycles. The van der Waals surface area contributed by atoms with Crippen molar-refractivity contribution in [3.05, 3.63) is 47.0 Å². The lowest BCUT2D eigenvalue weighted by molar-refractivity contribution is 0.181. The molecular formula is C22H31FO2. The van der Waals surface area contributed by atoms with Crippen molar-refractivity contribution in [1.29, 1.82) is 0 Å². The summed E-state index contributed by atoms with van der Waals surface area (Å²) in [5, 5.41) is 0. The number of rotatable bonds is 5. The molecule has 0 amide bonds. The Morgan fingerprint density at radius 2 is 1.68 bits per heavy atom. The molecule has 0 aliphatic heterocycles. The zero-order chi connectivity index (χ0) is 17.6. The lowest BCUT2D eigenvalue weighted by atomic mass is 9.69. The number of halogens is 1. The minimum atomic E-state index is -0.119. The van der Waals surface area contributed by atoms with E-state index in [1.54, 1.807) is 20.3 Å². The predicted molar refractivity (Wildman–Crippen MR) is 98.9 cm³/mol. The minimum Gasteiger partial charge on any atom is -0.504 e. The van der Waals surface area contributed by atoms with Crippen molar-refractivity contribution in [3.63, 3.8) is 0 Å². The van der Waals surface area contributed by atoms with E-state index >= 15 is 0 Å². The SMILES string of the molecule is COC=C1CCC(C2CCC(c3ccc(COC)c(F)c3)CC2)CC1. The molecule has 25 heavy (non-hydrogen) atoms. The third-order valence-corrected chi connectivity index (χ3v) is 6.24. The first-order chi connectivity index (χ1) is 12.2. The Balaban J connectivity index is 1.52. The van der Waals surface area contributed by atoms with Crippen LogP contribution in [0.15, 0.2) is 30.0 Å². The van der Waals surface area contributed by atoms with Gasteiger partial charge in [-0.15, -0.1) is 0 Å². The molecule has 3 rings (SSSR count). The summed E-state index contributed by atoms with van der Waals surface area (Å²) in [7, 11) is 3.35. The van der Waals surface area contributed by atoms with E-state index in [4.69, 9.17) is 9.47 Å². The maximum atomic E-state index is 14.2. The summed E-state index contributed by atoms with van der Waals surface area (Å²) in [6, 6.07) is 5.73. The van der Waals surface area contributed by atoms with Crippen LogP contribution >= 0.6 is 0 Å². The van der Waals surface area contributed by atoms with Gasteiger partial charge in [0, 0.05) is 12.7 Å². The third kappa shape index (κ3) is 4.63. The number of ether oxygens (including phenoxy) is 2. The molecule has 0 radical (unpaired) electrons. The molecule has 0 atom stereocenters. The molecule has 2 aliphatic rings. The highest BCUT2D eigenvalue weighted by molar-refractivity contribution is 5.27. The second kappa shape index (κ2) is 8.84. The van der Waals surface area contributed by atoms with Gasteiger partial charge in [-0.1, -0.05) is 12.1 Å². The second-order valence-electron chi connectivity index (χ2n) is 7.74. The molecule has 2 saturated carbocycles. The van der Waals surface area contributed by atoms with Gasteiger partial charge in [0.1, 0.15) is 5.82 Å². The van der Waals surface area contributed by atoms with Gasteiger partial charge < -0.3 is 9.47 Å². The topological polar surface area (TPSA) is 18.5 Å². The van der Waals surface area contributed by atoms with E-state index in [0.717, 1.165) is 11.8 Å². The van der Waals surface area contributed by atoms with Crippen LogP contribution in [0.2, 0.25) is 0 Å². The highest BCUT2D eigenvalue weighted by Crippen LogP contribution is 2.43. The first kappa shape index (κ1) is 18.4. The lowest BCUT2D eigenvalue weighted by Crippen LogP contribution is -2.23. The van der Waals surface area contributed by atoms with Crippen molar-refractivity contribution in [2.75, 3.05) is 14.2 Å². The molecule has 3 heteroatoms. The highest BCUT2D eigenvalue weighted by atomic mass is 19.1. The largest absolute Gasteiger partial charge is 0.504 e. The molecule has 1 aromatic rings. The summed E-state index contributed by atoms with van der Waals surface area (Å²) < 4.78 is 24.4. The fourth-order valence-corrected chi connectivity index (χ4v) is 4.78. The molecule has 0 unspecified atom stereocenters. The van der Waals surface area contributed by atoms with Gasteiger partial charge in [-0.05, 0) is 86.3 Å². The highest BCUT2D eigenvalue weighted by Gasteiger charge is 2.30. The normalized spacial score (nSPS) is 27.2. The van der Waals surface area contributed by atoms with Crippen LogP contribution in [0.5, 0.6) is 0 Å². The van der Waals surface area contributed by atoms with Crippen LogP contribution in [0.25, 0.3) is 0 Å². The van der Waals surface area contributed by atoms with E-state index in [1.807, 2.05) is 12.3 Å². The van der Waals surface area contributed by atoms with Crippen LogP contribution in [0.1, 0.15) is 68.4 Å². The van der Waals surface area contributed by atoms with Crippen molar-refractivity contribution in [3.8, 4) is 0 Å². The average molecular weight is 346 g/mol. The van der Waals surface area contributed by atoms with Crippen LogP contribution in [0.3, 0.4) is 0 Å². The summed E-state index contributed by atoms with van der Waals surface area (Å²) >= 11 is 0. The molecule has 0 N–H and O–H groups in total. The molecule has 1 aromatic carbocycles. The molecule has 0 aromatic heterocycles. The quantitative estimate of drug-likeness (QED) is 0.612. The summed E-state index contributed by atoms with van der Waals surface area (Å²) in [6.45, 7) is 0.347. The summed E-state index contributed by atoms with van der Waals surface area (Å²) in [4.78, 5) is 0. The Labute approximate surface area is 151 Å². The molecule has 0 bridgehead atoms. The summed E-state index contributed by atoms with van der Waals surface area (Å²) in [6.07, 6.45) is 11.9. The zero-order valence-electron chi connectivity index (χ0n) is 15.6. The molecular weight excluding hydrogens is 315 g/mol. The fourth-order valence-electron chi connectivity index (χ4n) is 4.78. The van der Waals surface area contributed by atoms with Crippen molar-refractivity contribution in [1.82, 2.24) is 0 Å². The van der Waals surface area contributed by atoms with Crippen molar-refractivity contribution in [2.24, 2.45) is 11.8 Å². The molecule has 2 fully saturated rings. The van der Waals surface area contributed by atoms with E-state index in [9.17, 15) is 4.39 Å². The maximum Gasteiger partial charge on any atom is 0.129 e. The molecule has 2 nitrogen and oxygen atoms in total. The van der Waals surface area contributed by atoms with E-state index < -0.39 is 0 Å². The maximum absolute atomic E-state index is 14.2. The Hall–Kier alpha value is -1.35. The summed E-state index contributed by atoms with van der Waals surface area (Å²) in [5.41, 5.74) is 3.30. The molecule has 2 aliphatic carbocycles. The molecule has 138 valence electrons. The third-order valence-electron chi connectivity index (χ3n) is 6.24. The van der Waals surface area contributed by atoms with E-state index in [2.05, 4.69) is 6.07 Å². The van der Waals surface area contributed by atoms with Crippen LogP contribution in [0.4, 0.5) is 4.39 Å². The Morgan fingerprint density at radius 3 is 2.28 bits per heavy atom. The number of benzene rings is 1. The minimum absolute atomic E-state index is 0.119. The molecule has 0 spiro atoms. The molecule has 0 heterocycles. The monoisotopic (exact) mass is 346 g/mol. The predicted octanol–water partition coefficient (Wildman–Crippen LogP) is 5.97. The number of allylic oxidation sites excluding steroid dienone is 1. The van der Waals surface area contributed by atoms with Crippen LogP contribution in [0, 0.1) is 17.7 Å². The van der Waals surface area contributed by atoms with Crippen LogP contribution in [-0.2, 0) is 16.1 Å². The number of methoxy groups -OCH3 is 2. The average Bonchev–Trinajstić information content (AvgIpc) is 2.65. The van der Waals surface area contributed by atoms with Gasteiger partial charge in [-0.3, -0.25) is 0 Å². The van der Waals surface area contributed by atoms with Crippen LogP contribution in [-0.4, -0.2) is 14.2 Å². The van der Waals surface area contributed by atoms with E-state index in [0.29, 0.717) is 18.1 Å². The van der Waals surface area contributed by atoms with Gasteiger partial charge in [0.15, 0.2) is 0 Å². The van der Waals surface area contributed by atoms with Crippen molar-refractivity contribution >= 4 is 0 Å². The zero-order valence-corrected chi connectivity index (χ0v) is 15.6. The lowest BCUT2D eigenvalue weighted by Gasteiger charge is -2.36. The van der Waals surface area contributed by atoms with E-state index in [1.165, 1.54) is 62.5 Å². The van der Waals surface area contributed by atoms with Crippen LogP contribution < -0.4 is 0 Å². The Kier molecular flexibility index (Phi) is 6.52. The second-order valence-corrected chi connectivity index (χ2v) is 7.74.